The van der Waals surface area contributed by atoms with Gasteiger partial charge in [-0.25, -0.2) is 0 Å². The topological polar surface area (TPSA) is 86.1 Å². The maximum atomic E-state index is 13.5. The van der Waals surface area contributed by atoms with Crippen molar-refractivity contribution < 1.29 is 19.1 Å². The number of morpholine rings is 1. The summed E-state index contributed by atoms with van der Waals surface area (Å²) in [6.07, 6.45) is 0. The van der Waals surface area contributed by atoms with E-state index in [-0.39, 0.29) is 36.0 Å². The fourth-order valence-electron chi connectivity index (χ4n) is 5.11. The van der Waals surface area contributed by atoms with Gasteiger partial charge in [0.05, 0.1) is 46.6 Å². The zero-order valence-electron chi connectivity index (χ0n) is 22.2. The largest absolute Gasteiger partial charge is 0.482 e. The molecule has 1 atom stereocenters. The number of hydrogen-bond donors (Lipinski definition) is 0. The summed E-state index contributed by atoms with van der Waals surface area (Å²) in [6.45, 7) is 1.89. The molecule has 3 aromatic carbocycles. The molecule has 40 heavy (non-hydrogen) atoms. The van der Waals surface area contributed by atoms with E-state index < -0.39 is 0 Å². The van der Waals surface area contributed by atoms with Crippen molar-refractivity contribution in [3.63, 3.8) is 0 Å². The Morgan fingerprint density at radius 2 is 1.93 bits per heavy atom. The zero-order valence-corrected chi connectivity index (χ0v) is 23.7. The van der Waals surface area contributed by atoms with Gasteiger partial charge in [0.25, 0.3) is 5.91 Å². The molecule has 2 aliphatic rings. The second kappa shape index (κ2) is 11.9. The molecule has 1 fully saturated rings. The number of carbonyl (C=O) groups is 2. The Morgan fingerprint density at radius 3 is 2.70 bits per heavy atom. The molecule has 5 rings (SSSR count). The summed E-state index contributed by atoms with van der Waals surface area (Å²) in [5, 5.41) is 10.1. The first-order valence-electron chi connectivity index (χ1n) is 12.8. The van der Waals surface area contributed by atoms with Crippen molar-refractivity contribution in [1.29, 1.82) is 5.26 Å². The third-order valence-electron chi connectivity index (χ3n) is 7.30. The van der Waals surface area contributed by atoms with Crippen molar-refractivity contribution in [2.24, 2.45) is 0 Å². The fourth-order valence-corrected chi connectivity index (χ4v) is 5.42. The average molecular weight is 579 g/mol. The SMILES string of the molecule is CN(Cc1cccc(-c2cccc(C#N)c2)c1C1COCCN1C)C(=O)CN1C(=O)COc2cc(Cl)c(Cl)cc21. The van der Waals surface area contributed by atoms with Gasteiger partial charge in [0.1, 0.15) is 12.3 Å². The number of likely N-dealkylation sites (N-methyl/N-ethyl adjacent to an activating group) is 2. The normalized spacial score (nSPS) is 17.1. The molecule has 206 valence electrons. The smallest absolute Gasteiger partial charge is 0.265 e. The number of benzene rings is 3. The standard InChI is InChI=1S/C30H28Cl2N4O4/c1-34-9-10-39-17-26(34)30-21(7-4-8-22(30)20-6-3-5-19(11-20)14-33)15-35(2)28(37)16-36-25-12-23(31)24(32)13-27(25)40-18-29(36)38/h3-8,11-13,26H,9-10,15-18H2,1-2H3. The first-order chi connectivity index (χ1) is 19.3. The Labute approximate surface area is 243 Å². The highest BCUT2D eigenvalue weighted by atomic mass is 35.5. The molecule has 0 radical (unpaired) electrons. The lowest BCUT2D eigenvalue weighted by Crippen LogP contribution is -2.45. The van der Waals surface area contributed by atoms with Crippen LogP contribution in [0, 0.1) is 11.3 Å². The zero-order chi connectivity index (χ0) is 28.4. The fraction of sp³-hybridized carbons (Fsp3) is 0.300. The van der Waals surface area contributed by atoms with Crippen LogP contribution in [-0.2, 0) is 20.9 Å². The van der Waals surface area contributed by atoms with E-state index in [4.69, 9.17) is 32.7 Å². The Kier molecular flexibility index (Phi) is 8.29. The molecule has 2 aliphatic heterocycles. The molecule has 0 aliphatic carbocycles. The summed E-state index contributed by atoms with van der Waals surface area (Å²) in [5.74, 6) is -0.184. The molecule has 0 bridgehead atoms. The molecule has 0 saturated carbocycles. The Hall–Kier alpha value is -3.61. The van der Waals surface area contributed by atoms with E-state index in [0.717, 1.165) is 28.8 Å². The predicted molar refractivity (Wildman–Crippen MR) is 154 cm³/mol. The second-order valence-electron chi connectivity index (χ2n) is 9.89. The highest BCUT2D eigenvalue weighted by Crippen LogP contribution is 2.39. The number of anilines is 1. The number of rotatable bonds is 6. The maximum Gasteiger partial charge on any atom is 0.265 e. The highest BCUT2D eigenvalue weighted by Gasteiger charge is 2.31. The van der Waals surface area contributed by atoms with E-state index in [1.807, 2.05) is 36.4 Å². The summed E-state index contributed by atoms with van der Waals surface area (Å²) >= 11 is 12.3. The van der Waals surface area contributed by atoms with E-state index >= 15 is 0 Å². The van der Waals surface area contributed by atoms with Gasteiger partial charge in [-0.1, -0.05) is 53.5 Å². The number of halogens is 2. The van der Waals surface area contributed by atoms with Crippen LogP contribution in [0.25, 0.3) is 11.1 Å². The lowest BCUT2D eigenvalue weighted by molar-refractivity contribution is -0.131. The van der Waals surface area contributed by atoms with E-state index in [0.29, 0.717) is 41.8 Å². The number of nitrogens with zero attached hydrogens (tertiary/aromatic N) is 4. The monoisotopic (exact) mass is 578 g/mol. The minimum atomic E-state index is -0.339. The lowest BCUT2D eigenvalue weighted by Gasteiger charge is -2.36. The Balaban J connectivity index is 1.45. The van der Waals surface area contributed by atoms with Gasteiger partial charge in [0, 0.05) is 26.2 Å². The van der Waals surface area contributed by atoms with Gasteiger partial charge >= 0.3 is 0 Å². The third-order valence-corrected chi connectivity index (χ3v) is 8.02. The number of carbonyl (C=O) groups excluding carboxylic acids is 2. The van der Waals surface area contributed by atoms with Gasteiger partial charge in [-0.15, -0.1) is 0 Å². The quantitative estimate of drug-likeness (QED) is 0.412. The Morgan fingerprint density at radius 1 is 1.15 bits per heavy atom. The van der Waals surface area contributed by atoms with E-state index in [1.54, 1.807) is 30.1 Å². The number of nitriles is 1. The van der Waals surface area contributed by atoms with Gasteiger partial charge in [0.2, 0.25) is 5.91 Å². The second-order valence-corrected chi connectivity index (χ2v) is 10.7. The van der Waals surface area contributed by atoms with Crippen LogP contribution in [0.15, 0.2) is 54.6 Å². The minimum Gasteiger partial charge on any atom is -0.482 e. The van der Waals surface area contributed by atoms with Crippen LogP contribution in [0.4, 0.5) is 5.69 Å². The van der Waals surface area contributed by atoms with Crippen molar-refractivity contribution >= 4 is 40.7 Å². The van der Waals surface area contributed by atoms with Crippen molar-refractivity contribution in [3.8, 4) is 22.9 Å². The van der Waals surface area contributed by atoms with Gasteiger partial charge in [0.15, 0.2) is 6.61 Å². The molecular weight excluding hydrogens is 551 g/mol. The third kappa shape index (κ3) is 5.65. The molecule has 0 spiro atoms. The molecule has 0 aromatic heterocycles. The minimum absolute atomic E-state index is 0.0335. The van der Waals surface area contributed by atoms with Crippen LogP contribution in [-0.4, -0.2) is 68.6 Å². The number of fused-ring (bicyclic) bond motifs is 1. The van der Waals surface area contributed by atoms with Crippen LogP contribution in [0.2, 0.25) is 10.0 Å². The Bertz CT molecular complexity index is 1510. The molecule has 1 unspecified atom stereocenters. The van der Waals surface area contributed by atoms with Gasteiger partial charge in [-0.3, -0.25) is 19.4 Å². The molecule has 8 nitrogen and oxygen atoms in total. The summed E-state index contributed by atoms with van der Waals surface area (Å²) in [6, 6.07) is 18.8. The highest BCUT2D eigenvalue weighted by molar-refractivity contribution is 6.42. The number of hydrogen-bond acceptors (Lipinski definition) is 6. The van der Waals surface area contributed by atoms with Gasteiger partial charge < -0.3 is 14.4 Å². The maximum absolute atomic E-state index is 13.5. The van der Waals surface area contributed by atoms with Crippen molar-refractivity contribution in [3.05, 3.63) is 81.3 Å². The number of amides is 2. The molecule has 3 aromatic rings. The summed E-state index contributed by atoms with van der Waals surface area (Å²) in [4.78, 5) is 31.4. The van der Waals surface area contributed by atoms with Gasteiger partial charge in [-0.05, 0) is 47.5 Å². The van der Waals surface area contributed by atoms with Crippen LogP contribution in [0.3, 0.4) is 0 Å². The molecule has 2 heterocycles. The van der Waals surface area contributed by atoms with E-state index in [2.05, 4.69) is 18.0 Å². The number of ether oxygens (including phenoxy) is 2. The van der Waals surface area contributed by atoms with Crippen molar-refractivity contribution in [2.45, 2.75) is 12.6 Å². The summed E-state index contributed by atoms with van der Waals surface area (Å²) in [7, 11) is 3.78. The van der Waals surface area contributed by atoms with E-state index in [1.165, 1.54) is 4.90 Å². The first-order valence-corrected chi connectivity index (χ1v) is 13.6. The summed E-state index contributed by atoms with van der Waals surface area (Å²) in [5.41, 5.74) is 4.91. The van der Waals surface area contributed by atoms with Crippen LogP contribution < -0.4 is 9.64 Å². The molecule has 10 heteroatoms. The first kappa shape index (κ1) is 27.9. The van der Waals surface area contributed by atoms with Crippen LogP contribution in [0.1, 0.15) is 22.7 Å². The van der Waals surface area contributed by atoms with Crippen LogP contribution in [0.5, 0.6) is 5.75 Å². The predicted octanol–water partition coefficient (Wildman–Crippen LogP) is 4.92. The lowest BCUT2D eigenvalue weighted by atomic mass is 9.89. The average Bonchev–Trinajstić information content (AvgIpc) is 2.96. The molecule has 2 amide bonds. The van der Waals surface area contributed by atoms with Gasteiger partial charge in [-0.2, -0.15) is 5.26 Å². The molecule has 0 N–H and O–H groups in total. The van der Waals surface area contributed by atoms with Crippen molar-refractivity contribution in [1.82, 2.24) is 9.80 Å². The molecular formula is C30H28Cl2N4O4. The van der Waals surface area contributed by atoms with E-state index in [9.17, 15) is 14.9 Å². The molecule has 1 saturated heterocycles. The summed E-state index contributed by atoms with van der Waals surface area (Å²) < 4.78 is 11.4. The van der Waals surface area contributed by atoms with Crippen LogP contribution >= 0.6 is 23.2 Å². The van der Waals surface area contributed by atoms with Crippen molar-refractivity contribution in [2.75, 3.05) is 51.9 Å².